The molecular weight excluding hydrogens is 318 g/mol. The Morgan fingerprint density at radius 1 is 1.04 bits per heavy atom. The van der Waals surface area contributed by atoms with E-state index in [4.69, 9.17) is 11.6 Å². The van der Waals surface area contributed by atoms with E-state index in [2.05, 4.69) is 27.5 Å². The molecule has 1 aliphatic rings. The van der Waals surface area contributed by atoms with E-state index in [9.17, 15) is 0 Å². The Kier molecular flexibility index (Phi) is 4.11. The average molecular weight is 338 g/mol. The molecule has 0 saturated heterocycles. The maximum atomic E-state index is 6.40. The van der Waals surface area contributed by atoms with Crippen LogP contribution in [0, 0.1) is 6.92 Å². The van der Waals surface area contributed by atoms with Gasteiger partial charge in [0, 0.05) is 40.9 Å². The zero-order chi connectivity index (χ0) is 16.5. The molecule has 0 amide bonds. The molecule has 122 valence electrons. The van der Waals surface area contributed by atoms with Crippen molar-refractivity contribution in [1.82, 2.24) is 14.5 Å². The Bertz CT molecular complexity index is 868. The summed E-state index contributed by atoms with van der Waals surface area (Å²) < 4.78 is 2.42. The van der Waals surface area contributed by atoms with Gasteiger partial charge in [0.25, 0.3) is 0 Å². The van der Waals surface area contributed by atoms with Crippen LogP contribution in [0.5, 0.6) is 0 Å². The number of fused-ring (bicyclic) bond motifs is 1. The molecule has 3 nitrogen and oxygen atoms in total. The van der Waals surface area contributed by atoms with Crippen LogP contribution in [-0.2, 0) is 19.4 Å². The van der Waals surface area contributed by atoms with E-state index in [-0.39, 0.29) is 0 Å². The van der Waals surface area contributed by atoms with Crippen LogP contribution in [-0.4, -0.2) is 14.5 Å². The molecule has 4 rings (SSSR count). The molecule has 0 N–H and O–H groups in total. The minimum absolute atomic E-state index is 0.806. The predicted molar refractivity (Wildman–Crippen MR) is 97.4 cm³/mol. The first-order valence-corrected chi connectivity index (χ1v) is 8.85. The highest BCUT2D eigenvalue weighted by molar-refractivity contribution is 6.31. The summed E-state index contributed by atoms with van der Waals surface area (Å²) in [5.41, 5.74) is 6.48. The Balaban J connectivity index is 1.86. The summed E-state index contributed by atoms with van der Waals surface area (Å²) in [4.78, 5) is 9.01. The predicted octanol–water partition coefficient (Wildman–Crippen LogP) is 4.83. The molecular formula is C20H20ClN3. The van der Waals surface area contributed by atoms with Crippen LogP contribution >= 0.6 is 11.6 Å². The Hall–Kier alpha value is -2.13. The molecule has 2 heterocycles. The molecule has 0 atom stereocenters. The maximum absolute atomic E-state index is 6.40. The second-order valence-corrected chi connectivity index (χ2v) is 6.75. The Morgan fingerprint density at radius 2 is 1.79 bits per heavy atom. The highest BCUT2D eigenvalue weighted by Gasteiger charge is 2.25. The topological polar surface area (TPSA) is 30.7 Å². The van der Waals surface area contributed by atoms with Gasteiger partial charge in [0.05, 0.1) is 0 Å². The minimum Gasteiger partial charge on any atom is -0.343 e. The number of hydrogen-bond donors (Lipinski definition) is 0. The molecule has 3 aromatic rings. The lowest BCUT2D eigenvalue weighted by molar-refractivity contribution is 0.625. The summed E-state index contributed by atoms with van der Waals surface area (Å²) in [5.74, 6) is 0.839. The molecule has 2 aromatic heterocycles. The van der Waals surface area contributed by atoms with E-state index in [1.807, 2.05) is 36.7 Å². The van der Waals surface area contributed by atoms with Crippen LogP contribution in [0.15, 0.2) is 42.7 Å². The molecule has 1 aliphatic carbocycles. The van der Waals surface area contributed by atoms with E-state index in [0.717, 1.165) is 35.8 Å². The first kappa shape index (κ1) is 15.4. The number of nitrogens with zero attached hydrogens (tertiary/aromatic N) is 3. The van der Waals surface area contributed by atoms with Crippen LogP contribution < -0.4 is 0 Å². The molecule has 0 unspecified atom stereocenters. The molecule has 0 fully saturated rings. The first-order chi connectivity index (χ1) is 11.8. The molecule has 4 heteroatoms. The Morgan fingerprint density at radius 3 is 2.58 bits per heavy atom. The minimum atomic E-state index is 0.806. The van der Waals surface area contributed by atoms with E-state index in [0.29, 0.717) is 0 Å². The summed E-state index contributed by atoms with van der Waals surface area (Å²) in [7, 11) is 0. The summed E-state index contributed by atoms with van der Waals surface area (Å²) in [6.45, 7) is 2.99. The largest absolute Gasteiger partial charge is 0.343 e. The van der Waals surface area contributed by atoms with Crippen LogP contribution in [0.4, 0.5) is 0 Å². The quantitative estimate of drug-likeness (QED) is 0.685. The number of rotatable bonds is 3. The van der Waals surface area contributed by atoms with Gasteiger partial charge in [-0.2, -0.15) is 0 Å². The van der Waals surface area contributed by atoms with Crippen LogP contribution in [0.25, 0.3) is 11.4 Å². The van der Waals surface area contributed by atoms with E-state index >= 15 is 0 Å². The van der Waals surface area contributed by atoms with Gasteiger partial charge in [-0.3, -0.25) is 0 Å². The van der Waals surface area contributed by atoms with Crippen molar-refractivity contribution in [3.63, 3.8) is 0 Å². The fourth-order valence-electron chi connectivity index (χ4n) is 3.75. The van der Waals surface area contributed by atoms with Gasteiger partial charge in [-0.25, -0.2) is 9.97 Å². The Labute approximate surface area is 147 Å². The summed E-state index contributed by atoms with van der Waals surface area (Å²) in [6, 6.07) is 9.96. The van der Waals surface area contributed by atoms with E-state index in [1.54, 1.807) is 0 Å². The molecule has 0 radical (unpaired) electrons. The van der Waals surface area contributed by atoms with Gasteiger partial charge in [0.15, 0.2) is 5.82 Å². The van der Waals surface area contributed by atoms with Gasteiger partial charge < -0.3 is 4.57 Å². The van der Waals surface area contributed by atoms with Gasteiger partial charge >= 0.3 is 0 Å². The molecule has 0 saturated carbocycles. The highest BCUT2D eigenvalue weighted by Crippen LogP contribution is 2.36. The zero-order valence-electron chi connectivity index (χ0n) is 13.8. The van der Waals surface area contributed by atoms with Crippen molar-refractivity contribution in [2.75, 3.05) is 0 Å². The van der Waals surface area contributed by atoms with Crippen molar-refractivity contribution >= 4 is 11.6 Å². The van der Waals surface area contributed by atoms with Gasteiger partial charge in [-0.05, 0) is 55.9 Å². The molecule has 1 aromatic carbocycles. The second kappa shape index (κ2) is 6.40. The fourth-order valence-corrected chi connectivity index (χ4v) is 3.94. The summed E-state index contributed by atoms with van der Waals surface area (Å²) in [6.07, 6.45) is 8.36. The van der Waals surface area contributed by atoms with Crippen LogP contribution in [0.1, 0.15) is 35.4 Å². The number of benzene rings is 1. The van der Waals surface area contributed by atoms with Crippen molar-refractivity contribution in [3.05, 3.63) is 70.3 Å². The highest BCUT2D eigenvalue weighted by atomic mass is 35.5. The number of aromatic nitrogens is 3. The van der Waals surface area contributed by atoms with Crippen molar-refractivity contribution in [2.24, 2.45) is 0 Å². The van der Waals surface area contributed by atoms with Gasteiger partial charge in [0.1, 0.15) is 0 Å². The van der Waals surface area contributed by atoms with Crippen molar-refractivity contribution < 1.29 is 0 Å². The molecule has 0 spiro atoms. The monoisotopic (exact) mass is 337 g/mol. The van der Waals surface area contributed by atoms with E-state index < -0.39 is 0 Å². The van der Waals surface area contributed by atoms with Gasteiger partial charge in [-0.1, -0.05) is 29.8 Å². The maximum Gasteiger partial charge on any atom is 0.161 e. The third-order valence-electron chi connectivity index (χ3n) is 4.91. The molecule has 24 heavy (non-hydrogen) atoms. The van der Waals surface area contributed by atoms with Crippen LogP contribution in [0.2, 0.25) is 5.02 Å². The lowest BCUT2D eigenvalue weighted by atomic mass is 9.94. The summed E-state index contributed by atoms with van der Waals surface area (Å²) in [5, 5.41) is 0.827. The van der Waals surface area contributed by atoms with Crippen LogP contribution in [0.3, 0.4) is 0 Å². The van der Waals surface area contributed by atoms with Gasteiger partial charge in [0.2, 0.25) is 0 Å². The van der Waals surface area contributed by atoms with E-state index in [1.165, 1.54) is 35.4 Å². The fraction of sp³-hybridized carbons (Fsp3) is 0.300. The standard InChI is InChI=1S/C20H20ClN3/c1-14-19(20-22-11-6-12-23-20)16-8-3-5-10-18(16)24(14)13-15-7-2-4-9-17(15)21/h2,4,6-7,9,11-12H,3,5,8,10,13H2,1H3. The third-order valence-corrected chi connectivity index (χ3v) is 5.28. The lowest BCUT2D eigenvalue weighted by Gasteiger charge is -2.17. The third kappa shape index (κ3) is 2.63. The summed E-state index contributed by atoms with van der Waals surface area (Å²) >= 11 is 6.40. The molecule has 0 bridgehead atoms. The molecule has 0 aliphatic heterocycles. The SMILES string of the molecule is Cc1c(-c2ncccn2)c2c(n1Cc1ccccc1Cl)CCCC2. The number of hydrogen-bond acceptors (Lipinski definition) is 2. The zero-order valence-corrected chi connectivity index (χ0v) is 14.6. The second-order valence-electron chi connectivity index (χ2n) is 6.34. The normalized spacial score (nSPS) is 13.8. The number of halogens is 1. The smallest absolute Gasteiger partial charge is 0.161 e. The van der Waals surface area contributed by atoms with Crippen molar-refractivity contribution in [2.45, 2.75) is 39.2 Å². The lowest BCUT2D eigenvalue weighted by Crippen LogP contribution is -2.10. The first-order valence-electron chi connectivity index (χ1n) is 8.47. The van der Waals surface area contributed by atoms with Crippen molar-refractivity contribution in [1.29, 1.82) is 0 Å². The van der Waals surface area contributed by atoms with Crippen molar-refractivity contribution in [3.8, 4) is 11.4 Å². The van der Waals surface area contributed by atoms with Gasteiger partial charge in [-0.15, -0.1) is 0 Å². The average Bonchev–Trinajstić information content (AvgIpc) is 2.90.